The van der Waals surface area contributed by atoms with E-state index in [9.17, 15) is 9.59 Å². The van der Waals surface area contributed by atoms with Crippen LogP contribution in [0, 0.1) is 5.92 Å². The van der Waals surface area contributed by atoms with Gasteiger partial charge in [0, 0.05) is 20.0 Å². The molecule has 2 amide bonds. The van der Waals surface area contributed by atoms with Gasteiger partial charge in [0.05, 0.1) is 12.6 Å². The second-order valence-electron chi connectivity index (χ2n) is 5.45. The van der Waals surface area contributed by atoms with Crippen LogP contribution in [-0.2, 0) is 16.6 Å². The van der Waals surface area contributed by atoms with Crippen molar-refractivity contribution in [3.8, 4) is 0 Å². The van der Waals surface area contributed by atoms with Crippen molar-refractivity contribution in [2.75, 3.05) is 13.1 Å². The Labute approximate surface area is 118 Å². The van der Waals surface area contributed by atoms with E-state index in [1.807, 2.05) is 13.8 Å². The quantitative estimate of drug-likeness (QED) is 0.838. The minimum absolute atomic E-state index is 0.0555. The number of rotatable bonds is 5. The van der Waals surface area contributed by atoms with Crippen LogP contribution < -0.4 is 5.32 Å². The first kappa shape index (κ1) is 14.5. The maximum atomic E-state index is 12.1. The number of carbonyl (C=O) groups is 2. The Morgan fingerprint density at radius 2 is 2.25 bits per heavy atom. The van der Waals surface area contributed by atoms with Crippen LogP contribution >= 0.6 is 0 Å². The summed E-state index contributed by atoms with van der Waals surface area (Å²) < 4.78 is 1.66. The van der Waals surface area contributed by atoms with Crippen LogP contribution in [0.4, 0.5) is 0 Å². The smallest absolute Gasteiger partial charge is 0.240 e. The van der Waals surface area contributed by atoms with Crippen LogP contribution in [0.1, 0.15) is 38.6 Å². The zero-order valence-corrected chi connectivity index (χ0v) is 12.2. The lowest BCUT2D eigenvalue weighted by molar-refractivity contribution is -0.133. The highest BCUT2D eigenvalue weighted by atomic mass is 16.2. The monoisotopic (exact) mass is 279 g/mol. The van der Waals surface area contributed by atoms with Crippen molar-refractivity contribution in [2.24, 2.45) is 13.0 Å². The Balaban J connectivity index is 2.00. The van der Waals surface area contributed by atoms with Gasteiger partial charge in [0.1, 0.15) is 12.2 Å². The van der Waals surface area contributed by atoms with Gasteiger partial charge in [0.15, 0.2) is 0 Å². The summed E-state index contributed by atoms with van der Waals surface area (Å²) in [4.78, 5) is 29.4. The predicted molar refractivity (Wildman–Crippen MR) is 72.5 cm³/mol. The van der Waals surface area contributed by atoms with Crippen LogP contribution in [0.25, 0.3) is 0 Å². The molecule has 2 heterocycles. The van der Waals surface area contributed by atoms with Gasteiger partial charge in [-0.3, -0.25) is 14.3 Å². The summed E-state index contributed by atoms with van der Waals surface area (Å²) in [5.41, 5.74) is 0. The summed E-state index contributed by atoms with van der Waals surface area (Å²) in [7, 11) is 1.80. The maximum Gasteiger partial charge on any atom is 0.240 e. The molecular weight excluding hydrogens is 258 g/mol. The Hall–Kier alpha value is -1.92. The number of nitrogens with zero attached hydrogens (tertiary/aromatic N) is 4. The van der Waals surface area contributed by atoms with E-state index in [1.165, 1.54) is 6.33 Å². The third-order valence-corrected chi connectivity index (χ3v) is 3.51. The number of hydrogen-bond acceptors (Lipinski definition) is 4. The van der Waals surface area contributed by atoms with Crippen molar-refractivity contribution in [3.05, 3.63) is 12.2 Å². The molecule has 0 aromatic carbocycles. The van der Waals surface area contributed by atoms with Gasteiger partial charge < -0.3 is 10.2 Å². The second kappa shape index (κ2) is 6.02. The molecule has 1 fully saturated rings. The number of amides is 2. The van der Waals surface area contributed by atoms with Gasteiger partial charge in [0.25, 0.3) is 0 Å². The molecule has 1 N–H and O–H groups in total. The maximum absolute atomic E-state index is 12.1. The predicted octanol–water partition coefficient (Wildman–Crippen LogP) is 0.251. The Morgan fingerprint density at radius 1 is 1.50 bits per heavy atom. The van der Waals surface area contributed by atoms with Gasteiger partial charge in [-0.15, -0.1) is 0 Å². The first-order valence-electron chi connectivity index (χ1n) is 6.90. The van der Waals surface area contributed by atoms with Crippen molar-refractivity contribution in [3.63, 3.8) is 0 Å². The molecule has 0 saturated carbocycles. The minimum atomic E-state index is -0.201. The van der Waals surface area contributed by atoms with Gasteiger partial charge in [-0.05, 0) is 12.3 Å². The van der Waals surface area contributed by atoms with Crippen molar-refractivity contribution in [1.29, 1.82) is 0 Å². The van der Waals surface area contributed by atoms with Crippen molar-refractivity contribution < 1.29 is 9.59 Å². The number of aryl methyl sites for hydroxylation is 1. The first-order valence-corrected chi connectivity index (χ1v) is 6.90. The fraction of sp³-hybridized carbons (Fsp3) is 0.692. The van der Waals surface area contributed by atoms with E-state index < -0.39 is 0 Å². The number of aromatic nitrogens is 3. The lowest BCUT2D eigenvalue weighted by atomic mass is 10.0. The zero-order chi connectivity index (χ0) is 14.7. The Morgan fingerprint density at radius 3 is 2.75 bits per heavy atom. The Kier molecular flexibility index (Phi) is 4.36. The van der Waals surface area contributed by atoms with E-state index in [0.29, 0.717) is 13.0 Å². The molecule has 110 valence electrons. The molecule has 0 bridgehead atoms. The van der Waals surface area contributed by atoms with E-state index >= 15 is 0 Å². The fourth-order valence-corrected chi connectivity index (χ4v) is 2.38. The van der Waals surface area contributed by atoms with Crippen LogP contribution in [0.5, 0.6) is 0 Å². The highest BCUT2D eigenvalue weighted by Gasteiger charge is 2.26. The largest absolute Gasteiger partial charge is 0.344 e. The molecule has 1 aliphatic rings. The zero-order valence-electron chi connectivity index (χ0n) is 12.2. The highest BCUT2D eigenvalue weighted by molar-refractivity contribution is 5.86. The summed E-state index contributed by atoms with van der Waals surface area (Å²) in [6.45, 7) is 4.82. The molecule has 20 heavy (non-hydrogen) atoms. The van der Waals surface area contributed by atoms with Crippen LogP contribution in [0.2, 0.25) is 0 Å². The second-order valence-corrected chi connectivity index (χ2v) is 5.45. The topological polar surface area (TPSA) is 80.1 Å². The molecule has 1 atom stereocenters. The lowest BCUT2D eigenvalue weighted by Gasteiger charge is -2.23. The van der Waals surface area contributed by atoms with E-state index in [1.54, 1.807) is 16.6 Å². The van der Waals surface area contributed by atoms with E-state index in [0.717, 1.165) is 12.2 Å². The SMILES string of the molecule is CC(C)[C@H](NC(=O)CN1CCCC1=O)c1ncnn1C. The highest BCUT2D eigenvalue weighted by Crippen LogP contribution is 2.19. The summed E-state index contributed by atoms with van der Waals surface area (Å²) in [5, 5.41) is 6.98. The standard InChI is InChI=1S/C13H21N5O2/c1-9(2)12(13-14-8-15-17(13)3)16-10(19)7-18-6-4-5-11(18)20/h8-9,12H,4-7H2,1-3H3,(H,16,19)/t12-/m0/s1. The third-order valence-electron chi connectivity index (χ3n) is 3.51. The third kappa shape index (κ3) is 3.15. The molecule has 0 radical (unpaired) electrons. The van der Waals surface area contributed by atoms with Gasteiger partial charge in [-0.2, -0.15) is 5.10 Å². The molecular formula is C13H21N5O2. The van der Waals surface area contributed by atoms with Gasteiger partial charge >= 0.3 is 0 Å². The molecule has 0 aliphatic carbocycles. The molecule has 0 unspecified atom stereocenters. The van der Waals surface area contributed by atoms with Gasteiger partial charge in [-0.25, -0.2) is 4.98 Å². The van der Waals surface area contributed by atoms with Crippen LogP contribution in [-0.4, -0.2) is 44.6 Å². The Bertz CT molecular complexity index is 497. The van der Waals surface area contributed by atoms with E-state index in [4.69, 9.17) is 0 Å². The van der Waals surface area contributed by atoms with Crippen molar-refractivity contribution >= 4 is 11.8 Å². The summed E-state index contributed by atoms with van der Waals surface area (Å²) in [5.74, 6) is 0.819. The average Bonchev–Trinajstić information content (AvgIpc) is 2.96. The molecule has 1 aliphatic heterocycles. The normalized spacial score (nSPS) is 16.8. The number of hydrogen-bond donors (Lipinski definition) is 1. The number of nitrogens with one attached hydrogen (secondary N) is 1. The summed E-state index contributed by atoms with van der Waals surface area (Å²) >= 11 is 0. The van der Waals surface area contributed by atoms with Crippen molar-refractivity contribution in [2.45, 2.75) is 32.7 Å². The molecule has 1 saturated heterocycles. The summed E-state index contributed by atoms with van der Waals surface area (Å²) in [6, 6.07) is -0.201. The average molecular weight is 279 g/mol. The molecule has 0 spiro atoms. The fourth-order valence-electron chi connectivity index (χ4n) is 2.38. The van der Waals surface area contributed by atoms with Gasteiger partial charge in [-0.1, -0.05) is 13.8 Å². The van der Waals surface area contributed by atoms with Crippen LogP contribution in [0.15, 0.2) is 6.33 Å². The molecule has 2 rings (SSSR count). The number of likely N-dealkylation sites (tertiary alicyclic amines) is 1. The number of carbonyl (C=O) groups excluding carboxylic acids is 2. The van der Waals surface area contributed by atoms with Gasteiger partial charge in [0.2, 0.25) is 11.8 Å². The molecule has 1 aromatic heterocycles. The molecule has 7 nitrogen and oxygen atoms in total. The minimum Gasteiger partial charge on any atom is -0.344 e. The summed E-state index contributed by atoms with van der Waals surface area (Å²) in [6.07, 6.45) is 2.86. The molecule has 7 heteroatoms. The van der Waals surface area contributed by atoms with Crippen LogP contribution in [0.3, 0.4) is 0 Å². The molecule has 1 aromatic rings. The lowest BCUT2D eigenvalue weighted by Crippen LogP contribution is -2.41. The first-order chi connectivity index (χ1) is 9.49. The van der Waals surface area contributed by atoms with E-state index in [-0.39, 0.29) is 30.3 Å². The van der Waals surface area contributed by atoms with E-state index in [2.05, 4.69) is 15.4 Å². The van der Waals surface area contributed by atoms with Crippen molar-refractivity contribution in [1.82, 2.24) is 25.0 Å².